The molecular weight excluding hydrogens is 480 g/mol. The van der Waals surface area contributed by atoms with E-state index in [4.69, 9.17) is 4.74 Å². The van der Waals surface area contributed by atoms with Gasteiger partial charge in [0, 0.05) is 16.6 Å². The van der Waals surface area contributed by atoms with E-state index in [1.165, 1.54) is 0 Å². The van der Waals surface area contributed by atoms with Crippen LogP contribution in [0.2, 0.25) is 0 Å². The van der Waals surface area contributed by atoms with Gasteiger partial charge in [0.05, 0.1) is 16.1 Å². The highest BCUT2D eigenvalue weighted by Gasteiger charge is 2.16. The maximum Gasteiger partial charge on any atom is 0.522 e. The topological polar surface area (TPSA) is 78.9 Å². The molecule has 0 radical (unpaired) electrons. The summed E-state index contributed by atoms with van der Waals surface area (Å²) in [7, 11) is 1.15. The Labute approximate surface area is 144 Å². The summed E-state index contributed by atoms with van der Waals surface area (Å²) in [6, 6.07) is 3.29. The lowest BCUT2D eigenvalue weighted by Gasteiger charge is -2.08. The van der Waals surface area contributed by atoms with Crippen LogP contribution in [-0.2, 0) is 19.1 Å². The molecule has 0 spiro atoms. The highest BCUT2D eigenvalue weighted by molar-refractivity contribution is 9.11. The number of hydrogen-bond acceptors (Lipinski definition) is 6. The van der Waals surface area contributed by atoms with Gasteiger partial charge < -0.3 is 14.2 Å². The first-order chi connectivity index (χ1) is 9.83. The summed E-state index contributed by atoms with van der Waals surface area (Å²) < 4.78 is 15.2. The fourth-order valence-electron chi connectivity index (χ4n) is 1.05. The number of hydrogen-bond donors (Lipinski definition) is 0. The summed E-state index contributed by atoms with van der Waals surface area (Å²) in [5.74, 6) is -1.67. The van der Waals surface area contributed by atoms with E-state index < -0.39 is 18.1 Å². The molecule has 1 aromatic carbocycles. The summed E-state index contributed by atoms with van der Waals surface area (Å²) in [6.45, 7) is 0. The predicted octanol–water partition coefficient (Wildman–Crippen LogP) is 3.75. The quantitative estimate of drug-likeness (QED) is 0.280. The number of ether oxygens (including phenoxy) is 3. The predicted molar refractivity (Wildman–Crippen MR) is 82.8 cm³/mol. The van der Waals surface area contributed by atoms with Crippen LogP contribution in [-0.4, -0.2) is 25.2 Å². The van der Waals surface area contributed by atoms with Gasteiger partial charge in [-0.05, 0) is 44.0 Å². The van der Waals surface area contributed by atoms with E-state index in [9.17, 15) is 14.4 Å². The third-order valence-corrected chi connectivity index (χ3v) is 3.52. The molecule has 6 nitrogen and oxygen atoms in total. The Hall–Kier alpha value is -1.19. The minimum atomic E-state index is -1.24. The van der Waals surface area contributed by atoms with Crippen LogP contribution in [0.4, 0.5) is 4.79 Å². The second-order valence-corrected chi connectivity index (χ2v) is 5.95. The van der Waals surface area contributed by atoms with Crippen LogP contribution in [0.25, 0.3) is 0 Å². The Morgan fingerprint density at radius 1 is 1.00 bits per heavy atom. The molecule has 21 heavy (non-hydrogen) atoms. The van der Waals surface area contributed by atoms with Gasteiger partial charge in [0.1, 0.15) is 0 Å². The standard InChI is InChI=1S/C12H7Br3O6/c1-19-9(16)2-3-10(17)20-12(18)21-11-7(14)4-6(13)5-8(11)15/h2-5H,1H3/b3-2-. The summed E-state index contributed by atoms with van der Waals surface area (Å²) in [5.41, 5.74) is 0. The second kappa shape index (κ2) is 8.30. The van der Waals surface area contributed by atoms with E-state index in [0.717, 1.165) is 23.7 Å². The maximum atomic E-state index is 11.5. The molecule has 0 heterocycles. The summed E-state index contributed by atoms with van der Waals surface area (Å²) in [4.78, 5) is 33.5. The van der Waals surface area contributed by atoms with Crippen molar-refractivity contribution in [2.24, 2.45) is 0 Å². The van der Waals surface area contributed by atoms with Crippen molar-refractivity contribution in [3.8, 4) is 5.75 Å². The van der Waals surface area contributed by atoms with E-state index in [-0.39, 0.29) is 5.75 Å². The average Bonchev–Trinajstić information content (AvgIpc) is 2.40. The van der Waals surface area contributed by atoms with Gasteiger partial charge >= 0.3 is 18.1 Å². The normalized spacial score (nSPS) is 10.3. The molecule has 0 aliphatic rings. The number of halogens is 3. The molecule has 0 saturated heterocycles. The van der Waals surface area contributed by atoms with Crippen LogP contribution < -0.4 is 4.74 Å². The zero-order chi connectivity index (χ0) is 16.0. The Balaban J connectivity index is 2.69. The van der Waals surface area contributed by atoms with Crippen molar-refractivity contribution >= 4 is 65.9 Å². The van der Waals surface area contributed by atoms with Crippen molar-refractivity contribution in [2.75, 3.05) is 7.11 Å². The van der Waals surface area contributed by atoms with Crippen LogP contribution in [0.1, 0.15) is 0 Å². The highest BCUT2D eigenvalue weighted by atomic mass is 79.9. The number of rotatable bonds is 3. The van der Waals surface area contributed by atoms with Crippen LogP contribution >= 0.6 is 47.8 Å². The third-order valence-electron chi connectivity index (χ3n) is 1.89. The van der Waals surface area contributed by atoms with Crippen LogP contribution in [0.3, 0.4) is 0 Å². The second-order valence-electron chi connectivity index (χ2n) is 3.33. The Morgan fingerprint density at radius 3 is 2.05 bits per heavy atom. The zero-order valence-corrected chi connectivity index (χ0v) is 15.2. The fourth-order valence-corrected chi connectivity index (χ4v) is 3.47. The van der Waals surface area contributed by atoms with E-state index in [1.54, 1.807) is 12.1 Å². The number of esters is 2. The molecule has 0 aliphatic carbocycles. The number of methoxy groups -OCH3 is 1. The number of carbonyl (C=O) groups is 3. The van der Waals surface area contributed by atoms with Gasteiger partial charge in [0.2, 0.25) is 0 Å². The smallest absolute Gasteiger partial charge is 0.466 e. The minimum Gasteiger partial charge on any atom is -0.466 e. The fraction of sp³-hybridized carbons (Fsp3) is 0.0833. The van der Waals surface area contributed by atoms with Crippen molar-refractivity contribution in [3.63, 3.8) is 0 Å². The molecule has 0 unspecified atom stereocenters. The van der Waals surface area contributed by atoms with E-state index in [2.05, 4.69) is 57.3 Å². The highest BCUT2D eigenvalue weighted by Crippen LogP contribution is 2.36. The molecule has 0 fully saturated rings. The van der Waals surface area contributed by atoms with Crippen molar-refractivity contribution in [1.82, 2.24) is 0 Å². The number of benzene rings is 1. The van der Waals surface area contributed by atoms with Crippen molar-refractivity contribution in [2.45, 2.75) is 0 Å². The van der Waals surface area contributed by atoms with Gasteiger partial charge in [-0.3, -0.25) is 0 Å². The Morgan fingerprint density at radius 2 is 1.52 bits per heavy atom. The molecule has 0 bridgehead atoms. The van der Waals surface area contributed by atoms with Gasteiger partial charge in [-0.15, -0.1) is 0 Å². The minimum absolute atomic E-state index is 0.146. The molecule has 0 aromatic heterocycles. The Bertz CT molecular complexity index is 588. The van der Waals surface area contributed by atoms with Gasteiger partial charge in [0.25, 0.3) is 0 Å². The lowest BCUT2D eigenvalue weighted by molar-refractivity contribution is -0.136. The van der Waals surface area contributed by atoms with Crippen LogP contribution in [0, 0.1) is 0 Å². The van der Waals surface area contributed by atoms with Crippen LogP contribution in [0.15, 0.2) is 37.7 Å². The van der Waals surface area contributed by atoms with Gasteiger partial charge in [0.15, 0.2) is 5.75 Å². The summed E-state index contributed by atoms with van der Waals surface area (Å²) in [5, 5.41) is 0. The van der Waals surface area contributed by atoms with Crippen molar-refractivity contribution in [1.29, 1.82) is 0 Å². The van der Waals surface area contributed by atoms with E-state index in [0.29, 0.717) is 8.95 Å². The molecular formula is C12H7Br3O6. The molecule has 0 aliphatic heterocycles. The van der Waals surface area contributed by atoms with E-state index >= 15 is 0 Å². The average molecular weight is 487 g/mol. The SMILES string of the molecule is COC(=O)/C=C\C(=O)OC(=O)Oc1c(Br)cc(Br)cc1Br. The summed E-state index contributed by atoms with van der Waals surface area (Å²) in [6.07, 6.45) is 0.332. The first-order valence-electron chi connectivity index (χ1n) is 5.17. The first-order valence-corrected chi connectivity index (χ1v) is 7.55. The van der Waals surface area contributed by atoms with Gasteiger partial charge in [-0.25, -0.2) is 14.4 Å². The van der Waals surface area contributed by atoms with Crippen LogP contribution in [0.5, 0.6) is 5.75 Å². The maximum absolute atomic E-state index is 11.5. The van der Waals surface area contributed by atoms with E-state index in [1.807, 2.05) is 0 Å². The molecule has 0 N–H and O–H groups in total. The molecule has 1 aromatic rings. The monoisotopic (exact) mass is 484 g/mol. The zero-order valence-electron chi connectivity index (χ0n) is 10.4. The third kappa shape index (κ3) is 5.98. The summed E-state index contributed by atoms with van der Waals surface area (Å²) >= 11 is 9.65. The lowest BCUT2D eigenvalue weighted by atomic mass is 10.3. The van der Waals surface area contributed by atoms with Gasteiger partial charge in [-0.2, -0.15) is 0 Å². The van der Waals surface area contributed by atoms with Gasteiger partial charge in [-0.1, -0.05) is 15.9 Å². The van der Waals surface area contributed by atoms with Crippen molar-refractivity contribution < 1.29 is 28.6 Å². The molecule has 0 saturated carbocycles. The molecule has 112 valence electrons. The lowest BCUT2D eigenvalue weighted by Crippen LogP contribution is -2.15. The Kier molecular flexibility index (Phi) is 7.06. The molecule has 1 rings (SSSR count). The molecule has 0 atom stereocenters. The number of carbonyl (C=O) groups excluding carboxylic acids is 3. The largest absolute Gasteiger partial charge is 0.522 e. The first kappa shape index (κ1) is 17.9. The molecule has 9 heteroatoms. The van der Waals surface area contributed by atoms with Crippen molar-refractivity contribution in [3.05, 3.63) is 37.7 Å². The molecule has 0 amide bonds.